The number of hydrogen-bond donors (Lipinski definition) is 2. The Balaban J connectivity index is 1.18. The molecule has 5 atom stereocenters. The summed E-state index contributed by atoms with van der Waals surface area (Å²) in [5.41, 5.74) is -0.731. The summed E-state index contributed by atoms with van der Waals surface area (Å²) in [6.07, 6.45) is -1.94. The summed E-state index contributed by atoms with van der Waals surface area (Å²) in [6.45, 7) is 0.241. The van der Waals surface area contributed by atoms with E-state index >= 15 is 0 Å². The van der Waals surface area contributed by atoms with E-state index in [9.17, 15) is 27.9 Å². The van der Waals surface area contributed by atoms with E-state index in [4.69, 9.17) is 43.3 Å². The maximum absolute atomic E-state index is 14.4. The summed E-state index contributed by atoms with van der Waals surface area (Å²) in [5.74, 6) is -2.02. The minimum Gasteiger partial charge on any atom is -0.493 e. The number of carbonyl (C=O) groups excluding carboxylic acids is 2. The second kappa shape index (κ2) is 24.8. The molecule has 0 radical (unpaired) electrons. The third-order valence-corrected chi connectivity index (χ3v) is 14.8. The molecular formula is C56H59N5O14S. The van der Waals surface area contributed by atoms with Crippen molar-refractivity contribution in [3.05, 3.63) is 156 Å². The molecule has 1 unspecified atom stereocenters. The number of aryl methyl sites for hydroxylation is 1. The van der Waals surface area contributed by atoms with Crippen LogP contribution in [0, 0.1) is 12.3 Å². The van der Waals surface area contributed by atoms with Gasteiger partial charge >= 0.3 is 11.9 Å². The van der Waals surface area contributed by atoms with Crippen molar-refractivity contribution in [1.29, 1.82) is 5.41 Å². The number of Topliss-reactive ketones (excluding diaryl/α,β-unsaturated/α-hetero) is 1. The zero-order valence-corrected chi connectivity index (χ0v) is 43.0. The van der Waals surface area contributed by atoms with Gasteiger partial charge in [0.1, 0.15) is 43.3 Å². The number of methoxy groups -OCH3 is 2. The van der Waals surface area contributed by atoms with Crippen LogP contribution in [-0.4, -0.2) is 137 Å². The summed E-state index contributed by atoms with van der Waals surface area (Å²) in [4.78, 5) is 54.4. The van der Waals surface area contributed by atoms with Gasteiger partial charge < -0.3 is 43.0 Å². The van der Waals surface area contributed by atoms with Gasteiger partial charge in [-0.3, -0.25) is 24.7 Å². The van der Waals surface area contributed by atoms with Gasteiger partial charge in [-0.1, -0.05) is 115 Å². The molecule has 0 saturated carbocycles. The lowest BCUT2D eigenvalue weighted by atomic mass is 9.79. The fraction of sp³-hybridized carbons (Fsp3) is 0.339. The predicted molar refractivity (Wildman–Crippen MR) is 280 cm³/mol. The highest BCUT2D eigenvalue weighted by molar-refractivity contribution is 7.91. The minimum atomic E-state index is -3.76. The summed E-state index contributed by atoms with van der Waals surface area (Å²) >= 11 is 0. The van der Waals surface area contributed by atoms with Crippen LogP contribution < -0.4 is 14.2 Å². The van der Waals surface area contributed by atoms with Crippen LogP contribution >= 0.6 is 0 Å². The molecule has 19 nitrogen and oxygen atoms in total. The second-order valence-electron chi connectivity index (χ2n) is 18.0. The van der Waals surface area contributed by atoms with E-state index in [2.05, 4.69) is 15.0 Å². The fourth-order valence-electron chi connectivity index (χ4n) is 9.28. The molecule has 8 rings (SSSR count). The normalized spacial score (nSPS) is 20.0. The first-order valence-corrected chi connectivity index (χ1v) is 26.2. The Morgan fingerprint density at radius 1 is 0.816 bits per heavy atom. The highest BCUT2D eigenvalue weighted by Gasteiger charge is 2.60. The third kappa shape index (κ3) is 11.9. The first-order valence-electron chi connectivity index (χ1n) is 24.6. The topological polar surface area (TPSA) is 244 Å². The van der Waals surface area contributed by atoms with Crippen LogP contribution in [0.4, 0.5) is 0 Å². The first kappa shape index (κ1) is 54.6. The van der Waals surface area contributed by atoms with Crippen LogP contribution in [0.15, 0.2) is 153 Å². The molecular weight excluding hydrogens is 999 g/mol. The fourth-order valence-corrected chi connectivity index (χ4v) is 10.4. The number of carboxylic acid groups (broad SMARTS) is 1. The van der Waals surface area contributed by atoms with Gasteiger partial charge in [0.05, 0.1) is 44.4 Å². The number of unbranched alkanes of at least 4 members (excludes halogenated alkanes) is 2. The summed E-state index contributed by atoms with van der Waals surface area (Å²) in [6, 6.07) is 39.5. The van der Waals surface area contributed by atoms with Crippen molar-refractivity contribution in [3.8, 4) is 17.2 Å². The van der Waals surface area contributed by atoms with Crippen molar-refractivity contribution in [2.75, 3.05) is 46.6 Å². The number of esters is 1. The molecule has 1 fully saturated rings. The Morgan fingerprint density at radius 2 is 1.49 bits per heavy atom. The highest BCUT2D eigenvalue weighted by atomic mass is 32.2. The average Bonchev–Trinajstić information content (AvgIpc) is 4.15. The number of para-hydroxylation sites is 2. The lowest BCUT2D eigenvalue weighted by Gasteiger charge is -2.38. The Bertz CT molecular complexity index is 2990. The number of ether oxygens (including phenoxy) is 8. The Labute approximate surface area is 440 Å². The summed E-state index contributed by atoms with van der Waals surface area (Å²) < 4.78 is 77.5. The van der Waals surface area contributed by atoms with Crippen molar-refractivity contribution in [2.24, 2.45) is 15.0 Å². The average molecular weight is 1060 g/mol. The van der Waals surface area contributed by atoms with Crippen molar-refractivity contribution in [1.82, 2.24) is 4.90 Å². The van der Waals surface area contributed by atoms with E-state index in [0.29, 0.717) is 53.2 Å². The molecule has 2 N–H and O–H groups in total. The predicted octanol–water partition coefficient (Wildman–Crippen LogP) is 6.97. The standard InChI is InChI=1S/C56H59N5O14S/c1-38-27-29-42(30-28-38)76(66,67)32-31-70-37-72-50-45(33-73-56(39-17-8-4-9-18-39,40-19-10-5-11-20-40)43-23-16-24-44(68-2)49(43)69-3)74-52(51(50)75-48(65)26-15-7-14-25-47(63)64)61-36-60-55(53(57)58-35-59-54(55)61)46(62)34-71-41-21-12-6-13-22-41/h4-6,8-13,16-24,27-30,35-36,45,50-52,57H,7,14-15,25-26,31-34,37H2,1-3H3,(H,63,64)/t45-,50-,51-,52-,55?/m1/s1. The van der Waals surface area contributed by atoms with Crippen LogP contribution in [-0.2, 0) is 53.5 Å². The van der Waals surface area contributed by atoms with Gasteiger partial charge in [0, 0.05) is 18.4 Å². The SMILES string of the molecule is COc1cccc(C(OC[C@H]2O[C@@H](N3C=NC4(C(=O)COc5ccccc5)C(=N)N=CN=C34)[C@H](OC(=O)CCCCCC(=O)O)[C@@H]2OCOCCS(=O)(=O)c2ccc(C)cc2)(c2ccccc2)c2ccccc2)c1OC. The number of aliphatic carboxylic acids is 1. The maximum atomic E-state index is 14.4. The van der Waals surface area contributed by atoms with Crippen molar-refractivity contribution in [3.63, 3.8) is 0 Å². The van der Waals surface area contributed by atoms with Gasteiger partial charge in [-0.05, 0) is 61.2 Å². The number of rotatable bonds is 27. The van der Waals surface area contributed by atoms with E-state index in [1.165, 1.54) is 37.6 Å². The van der Waals surface area contributed by atoms with Crippen molar-refractivity contribution in [2.45, 2.75) is 79.6 Å². The molecule has 0 aliphatic carbocycles. The van der Waals surface area contributed by atoms with Gasteiger partial charge in [0.2, 0.25) is 11.3 Å². The molecule has 0 aromatic heterocycles. The smallest absolute Gasteiger partial charge is 0.306 e. The second-order valence-corrected chi connectivity index (χ2v) is 20.1. The Kier molecular flexibility index (Phi) is 17.8. The van der Waals surface area contributed by atoms with Crippen LogP contribution in [0.5, 0.6) is 17.2 Å². The molecule has 398 valence electrons. The van der Waals surface area contributed by atoms with Gasteiger partial charge in [-0.25, -0.2) is 23.4 Å². The molecule has 5 aromatic carbocycles. The number of nitrogens with zero attached hydrogens (tertiary/aromatic N) is 4. The number of amidine groups is 2. The number of carboxylic acids is 1. The molecule has 20 heteroatoms. The molecule has 3 aliphatic heterocycles. The molecule has 0 spiro atoms. The quantitative estimate of drug-likeness (QED) is 0.0233. The number of hydrogen-bond acceptors (Lipinski definition) is 17. The van der Waals surface area contributed by atoms with Crippen molar-refractivity contribution < 1.29 is 65.8 Å². The Morgan fingerprint density at radius 3 is 2.14 bits per heavy atom. The molecule has 5 aromatic rings. The van der Waals surface area contributed by atoms with Gasteiger partial charge in [0.15, 0.2) is 45.3 Å². The highest BCUT2D eigenvalue weighted by Crippen LogP contribution is 2.48. The largest absolute Gasteiger partial charge is 0.493 e. The number of fused-ring (bicyclic) bond motifs is 1. The minimum absolute atomic E-state index is 0.0713. The van der Waals surface area contributed by atoms with Crippen LogP contribution in [0.3, 0.4) is 0 Å². The maximum Gasteiger partial charge on any atom is 0.306 e. The number of benzene rings is 5. The van der Waals surface area contributed by atoms with Crippen LogP contribution in [0.1, 0.15) is 54.4 Å². The molecule has 3 heterocycles. The number of carbonyl (C=O) groups is 3. The van der Waals surface area contributed by atoms with Crippen LogP contribution in [0.25, 0.3) is 0 Å². The van der Waals surface area contributed by atoms with Gasteiger partial charge in [0.25, 0.3) is 0 Å². The van der Waals surface area contributed by atoms with Gasteiger partial charge in [-0.15, -0.1) is 0 Å². The summed E-state index contributed by atoms with van der Waals surface area (Å²) in [5, 5.41) is 18.2. The van der Waals surface area contributed by atoms with E-state index < -0.39 is 82.5 Å². The van der Waals surface area contributed by atoms with E-state index in [0.717, 1.165) is 11.9 Å². The third-order valence-electron chi connectivity index (χ3n) is 13.1. The first-order chi connectivity index (χ1) is 36.8. The van der Waals surface area contributed by atoms with E-state index in [-0.39, 0.29) is 42.5 Å². The zero-order chi connectivity index (χ0) is 53.7. The zero-order valence-electron chi connectivity index (χ0n) is 42.2. The van der Waals surface area contributed by atoms with Crippen LogP contribution in [0.2, 0.25) is 0 Å². The number of nitrogens with one attached hydrogen (secondary N) is 1. The molecule has 0 bridgehead atoms. The number of sulfone groups is 1. The monoisotopic (exact) mass is 1060 g/mol. The molecule has 76 heavy (non-hydrogen) atoms. The number of aliphatic imine (C=N–C) groups is 3. The number of ketones is 1. The Hall–Kier alpha value is -7.62. The molecule has 1 saturated heterocycles. The van der Waals surface area contributed by atoms with Crippen molar-refractivity contribution >= 4 is 51.9 Å². The molecule has 0 amide bonds. The summed E-state index contributed by atoms with van der Waals surface area (Å²) in [7, 11) is -0.698. The lowest BCUT2D eigenvalue weighted by molar-refractivity contribution is -0.168. The van der Waals surface area contributed by atoms with Gasteiger partial charge in [-0.2, -0.15) is 0 Å². The lowest BCUT2D eigenvalue weighted by Crippen LogP contribution is -2.59. The van der Waals surface area contributed by atoms with E-state index in [1.807, 2.05) is 79.7 Å². The van der Waals surface area contributed by atoms with E-state index in [1.54, 1.807) is 48.5 Å². The molecule has 3 aliphatic rings.